The van der Waals surface area contributed by atoms with E-state index in [1.807, 2.05) is 0 Å². The van der Waals surface area contributed by atoms with Crippen LogP contribution in [0.4, 0.5) is 13.2 Å². The predicted molar refractivity (Wildman–Crippen MR) is 33.9 cm³/mol. The Morgan fingerprint density at radius 2 is 1.75 bits per heavy atom. The van der Waals surface area contributed by atoms with Crippen LogP contribution in [0.3, 0.4) is 0 Å². The first-order valence-electron chi connectivity index (χ1n) is 3.64. The van der Waals surface area contributed by atoms with Crippen LogP contribution in [0.5, 0.6) is 0 Å². The summed E-state index contributed by atoms with van der Waals surface area (Å²) in [6, 6.07) is 0. The third-order valence-corrected chi connectivity index (χ3v) is 2.95. The van der Waals surface area contributed by atoms with Crippen molar-refractivity contribution in [2.45, 2.75) is 31.0 Å². The van der Waals surface area contributed by atoms with Gasteiger partial charge < -0.3 is 5.32 Å². The number of nitrogens with one attached hydrogen (secondary N) is 1. The van der Waals surface area contributed by atoms with Crippen LogP contribution < -0.4 is 5.32 Å². The Kier molecular flexibility index (Phi) is 1.17. The molecule has 67 valence electrons. The van der Waals surface area contributed by atoms with Crippen molar-refractivity contribution < 1.29 is 18.0 Å². The third-order valence-electron chi connectivity index (χ3n) is 2.95. The molecule has 3 saturated carbocycles. The smallest absolute Gasteiger partial charge is 0.342 e. The van der Waals surface area contributed by atoms with Crippen molar-refractivity contribution in [3.63, 3.8) is 0 Å². The monoisotopic (exact) mass is 178 g/mol. The molecular formula is C7H7F3NO. The van der Waals surface area contributed by atoms with Crippen molar-refractivity contribution in [1.82, 2.24) is 5.32 Å². The first-order chi connectivity index (χ1) is 5.43. The summed E-state index contributed by atoms with van der Waals surface area (Å²) in [5, 5.41) is 2.32. The van der Waals surface area contributed by atoms with Crippen molar-refractivity contribution in [1.29, 1.82) is 0 Å². The molecule has 0 atom stereocenters. The van der Waals surface area contributed by atoms with E-state index in [1.165, 1.54) is 6.41 Å². The number of carbonyl (C=O) groups excluding carboxylic acids is 1. The Morgan fingerprint density at radius 3 is 2.08 bits per heavy atom. The molecule has 2 nitrogen and oxygen atoms in total. The Balaban J connectivity index is 2.00. The zero-order valence-corrected chi connectivity index (χ0v) is 6.16. The second-order valence-electron chi connectivity index (χ2n) is 3.82. The van der Waals surface area contributed by atoms with Crippen LogP contribution in [-0.4, -0.2) is 18.1 Å². The van der Waals surface area contributed by atoms with E-state index >= 15 is 0 Å². The summed E-state index contributed by atoms with van der Waals surface area (Å²) in [6.45, 7) is 0. The molecule has 1 radical (unpaired) electrons. The largest absolute Gasteiger partial charge is 0.394 e. The van der Waals surface area contributed by atoms with Gasteiger partial charge in [0.1, 0.15) is 0 Å². The predicted octanol–water partition coefficient (Wildman–Crippen LogP) is 1.13. The van der Waals surface area contributed by atoms with E-state index in [0.29, 0.717) is 0 Å². The van der Waals surface area contributed by atoms with Gasteiger partial charge in [-0.1, -0.05) is 0 Å². The molecule has 0 saturated heterocycles. The fourth-order valence-electron chi connectivity index (χ4n) is 2.33. The van der Waals surface area contributed by atoms with Crippen LogP contribution in [0.1, 0.15) is 19.3 Å². The van der Waals surface area contributed by atoms with Crippen LogP contribution in [0.2, 0.25) is 0 Å². The summed E-state index contributed by atoms with van der Waals surface area (Å²) in [4.78, 5) is 9.87. The van der Waals surface area contributed by atoms with E-state index in [4.69, 9.17) is 0 Å². The van der Waals surface area contributed by atoms with Gasteiger partial charge in [0.05, 0.1) is 5.41 Å². The first kappa shape index (κ1) is 7.89. The molecule has 3 aliphatic carbocycles. The van der Waals surface area contributed by atoms with Crippen LogP contribution in [0, 0.1) is 5.41 Å². The maximum atomic E-state index is 12.2. The molecule has 0 aliphatic heterocycles. The second-order valence-corrected chi connectivity index (χ2v) is 3.82. The molecule has 0 aromatic heterocycles. The zero-order valence-electron chi connectivity index (χ0n) is 6.16. The molecule has 0 aromatic rings. The standard InChI is InChI=1S/C7H7F3NO/c8-7(9,10)5-1-6(2-5,3-5)11-4-12/h1-3H2,(H,11,12). The lowest BCUT2D eigenvalue weighted by molar-refractivity contribution is -0.336. The third kappa shape index (κ3) is 0.690. The summed E-state index contributed by atoms with van der Waals surface area (Å²) in [5.74, 6) is 0. The Morgan fingerprint density at radius 1 is 1.25 bits per heavy atom. The number of hydrogen-bond acceptors (Lipinski definition) is 1. The van der Waals surface area contributed by atoms with Gasteiger partial charge in [-0.15, -0.1) is 0 Å². The lowest BCUT2D eigenvalue weighted by Gasteiger charge is -2.69. The number of amides is 1. The van der Waals surface area contributed by atoms with Gasteiger partial charge in [0.2, 0.25) is 0 Å². The highest BCUT2D eigenvalue weighted by atomic mass is 19.4. The average Bonchev–Trinajstić information content (AvgIpc) is 1.70. The van der Waals surface area contributed by atoms with Gasteiger partial charge in [0, 0.05) is 5.54 Å². The first-order valence-corrected chi connectivity index (χ1v) is 3.64. The lowest BCUT2D eigenvalue weighted by Crippen LogP contribution is -2.77. The highest BCUT2D eigenvalue weighted by Gasteiger charge is 2.78. The number of rotatable bonds is 2. The van der Waals surface area contributed by atoms with E-state index in [0.717, 1.165) is 0 Å². The van der Waals surface area contributed by atoms with E-state index in [9.17, 15) is 18.0 Å². The summed E-state index contributed by atoms with van der Waals surface area (Å²) >= 11 is 0. The highest BCUT2D eigenvalue weighted by molar-refractivity contribution is 5.52. The minimum absolute atomic E-state index is 0.0404. The molecule has 1 N–H and O–H groups in total. The van der Waals surface area contributed by atoms with E-state index < -0.39 is 17.1 Å². The van der Waals surface area contributed by atoms with Gasteiger partial charge in [0.15, 0.2) is 0 Å². The molecule has 1 amide bonds. The topological polar surface area (TPSA) is 29.1 Å². The molecule has 0 unspecified atom stereocenters. The van der Waals surface area contributed by atoms with Gasteiger partial charge in [-0.2, -0.15) is 13.2 Å². The molecule has 3 rings (SSSR count). The molecule has 5 heteroatoms. The maximum Gasteiger partial charge on any atom is 0.394 e. The second kappa shape index (κ2) is 1.78. The number of halogens is 3. The number of alkyl halides is 3. The molecule has 0 spiro atoms. The normalized spacial score (nSPS) is 44.2. The van der Waals surface area contributed by atoms with E-state index in [1.54, 1.807) is 0 Å². The number of hydrogen-bond donors (Lipinski definition) is 1. The molecule has 2 bridgehead atoms. The van der Waals surface area contributed by atoms with Gasteiger partial charge >= 0.3 is 12.6 Å². The van der Waals surface area contributed by atoms with Crippen molar-refractivity contribution in [2.75, 3.05) is 0 Å². The van der Waals surface area contributed by atoms with Gasteiger partial charge in [-0.05, 0) is 19.3 Å². The van der Waals surface area contributed by atoms with Crippen molar-refractivity contribution in [3.8, 4) is 0 Å². The molecule has 0 aromatic carbocycles. The van der Waals surface area contributed by atoms with Crippen LogP contribution in [0.15, 0.2) is 0 Å². The molecule has 3 fully saturated rings. The van der Waals surface area contributed by atoms with Crippen molar-refractivity contribution in [2.24, 2.45) is 5.41 Å². The SMILES string of the molecule is O=[C]NC12CC(C(F)(F)F)(C1)C2. The Hall–Kier alpha value is -0.740. The maximum absolute atomic E-state index is 12.2. The van der Waals surface area contributed by atoms with E-state index in [-0.39, 0.29) is 19.3 Å². The molecule has 12 heavy (non-hydrogen) atoms. The average molecular weight is 178 g/mol. The zero-order chi connectivity index (χ0) is 9.04. The van der Waals surface area contributed by atoms with Crippen LogP contribution in [0.25, 0.3) is 0 Å². The Bertz CT molecular complexity index is 216. The molecular weight excluding hydrogens is 171 g/mol. The van der Waals surface area contributed by atoms with Crippen LogP contribution >= 0.6 is 0 Å². The van der Waals surface area contributed by atoms with Gasteiger partial charge in [-0.3, -0.25) is 4.79 Å². The highest BCUT2D eigenvalue weighted by Crippen LogP contribution is 2.73. The minimum Gasteiger partial charge on any atom is -0.342 e. The van der Waals surface area contributed by atoms with Crippen molar-refractivity contribution >= 4 is 6.41 Å². The Labute approximate surface area is 67.1 Å². The fourth-order valence-corrected chi connectivity index (χ4v) is 2.33. The molecule has 0 heterocycles. The molecule has 3 aliphatic rings. The fraction of sp³-hybridized carbons (Fsp3) is 0.857. The van der Waals surface area contributed by atoms with Crippen LogP contribution in [-0.2, 0) is 4.79 Å². The summed E-state index contributed by atoms with van der Waals surface area (Å²) in [6.07, 6.45) is -2.53. The van der Waals surface area contributed by atoms with Crippen molar-refractivity contribution in [3.05, 3.63) is 0 Å². The summed E-state index contributed by atoms with van der Waals surface area (Å²) < 4.78 is 36.6. The summed E-state index contributed by atoms with van der Waals surface area (Å²) in [5.41, 5.74) is -2.03. The van der Waals surface area contributed by atoms with E-state index in [2.05, 4.69) is 5.32 Å². The summed E-state index contributed by atoms with van der Waals surface area (Å²) in [7, 11) is 0. The van der Waals surface area contributed by atoms with Gasteiger partial charge in [0.25, 0.3) is 0 Å². The quantitative estimate of drug-likeness (QED) is 0.631. The lowest BCUT2D eigenvalue weighted by atomic mass is 9.39. The van der Waals surface area contributed by atoms with Gasteiger partial charge in [-0.25, -0.2) is 0 Å². The minimum atomic E-state index is -4.10.